The number of hydrogen-bond donors (Lipinski definition) is 1. The summed E-state index contributed by atoms with van der Waals surface area (Å²) >= 11 is 1.74. The molecule has 0 bridgehead atoms. The van der Waals surface area contributed by atoms with Gasteiger partial charge in [0.2, 0.25) is 0 Å². The highest BCUT2D eigenvalue weighted by atomic mass is 32.2. The van der Waals surface area contributed by atoms with E-state index in [1.807, 2.05) is 12.1 Å². The van der Waals surface area contributed by atoms with E-state index in [2.05, 4.69) is 24.2 Å². The zero-order valence-electron chi connectivity index (χ0n) is 12.0. The van der Waals surface area contributed by atoms with E-state index in [9.17, 15) is 8.42 Å². The molecule has 4 nitrogen and oxygen atoms in total. The summed E-state index contributed by atoms with van der Waals surface area (Å²) in [6.07, 6.45) is 1.22. The van der Waals surface area contributed by atoms with E-state index in [1.54, 1.807) is 23.9 Å². The third-order valence-electron chi connectivity index (χ3n) is 3.05. The Morgan fingerprint density at radius 3 is 2.45 bits per heavy atom. The minimum Gasteiger partial charge on any atom is -0.361 e. The van der Waals surface area contributed by atoms with Crippen molar-refractivity contribution in [1.82, 2.24) is 5.32 Å². The number of nitrogens with one attached hydrogen (secondary N) is 1. The maximum atomic E-state index is 11.4. The van der Waals surface area contributed by atoms with Crippen molar-refractivity contribution in [1.29, 1.82) is 0 Å². The Morgan fingerprint density at radius 1 is 1.30 bits per heavy atom. The van der Waals surface area contributed by atoms with E-state index in [1.165, 1.54) is 6.26 Å². The average molecular weight is 312 g/mol. The fourth-order valence-electron chi connectivity index (χ4n) is 1.78. The Kier molecular flexibility index (Phi) is 4.44. The fourth-order valence-corrected chi connectivity index (χ4v) is 3.36. The molecule has 1 aromatic rings. The molecular weight excluding hydrogens is 292 g/mol. The molecule has 0 fully saturated rings. The Bertz CT molecular complexity index is 605. The quantitative estimate of drug-likeness (QED) is 0.930. The van der Waals surface area contributed by atoms with E-state index in [4.69, 9.17) is 0 Å². The summed E-state index contributed by atoms with van der Waals surface area (Å²) in [5, 5.41) is 4.27. The first kappa shape index (κ1) is 15.4. The van der Waals surface area contributed by atoms with Crippen LogP contribution in [0.5, 0.6) is 0 Å². The normalized spacial score (nSPS) is 18.4. The van der Waals surface area contributed by atoms with Crippen LogP contribution >= 0.6 is 11.8 Å². The first-order valence-corrected chi connectivity index (χ1v) is 9.34. The number of aliphatic imine (C=N–C) groups is 1. The zero-order valence-corrected chi connectivity index (χ0v) is 13.6. The molecule has 0 unspecified atom stereocenters. The second-order valence-electron chi connectivity index (χ2n) is 5.84. The molecule has 1 aromatic carbocycles. The average Bonchev–Trinajstić information content (AvgIpc) is 2.37. The number of hydrogen-bond acceptors (Lipinski definition) is 5. The fraction of sp³-hybridized carbons (Fsp3) is 0.500. The van der Waals surface area contributed by atoms with Gasteiger partial charge in [-0.05, 0) is 23.1 Å². The summed E-state index contributed by atoms with van der Waals surface area (Å²) < 4.78 is 22.7. The predicted molar refractivity (Wildman–Crippen MR) is 84.9 cm³/mol. The van der Waals surface area contributed by atoms with Crippen LogP contribution < -0.4 is 5.32 Å². The monoisotopic (exact) mass is 312 g/mol. The minimum absolute atomic E-state index is 0.271. The van der Waals surface area contributed by atoms with Crippen LogP contribution in [-0.4, -0.2) is 32.1 Å². The third kappa shape index (κ3) is 4.24. The maximum absolute atomic E-state index is 11.4. The summed E-state index contributed by atoms with van der Waals surface area (Å²) in [6, 6.07) is 6.96. The van der Waals surface area contributed by atoms with Crippen LogP contribution in [0.4, 0.5) is 0 Å². The number of amidine groups is 1. The van der Waals surface area contributed by atoms with Crippen LogP contribution in [0.1, 0.15) is 19.4 Å². The van der Waals surface area contributed by atoms with Gasteiger partial charge in [0.15, 0.2) is 15.0 Å². The lowest BCUT2D eigenvalue weighted by atomic mass is 9.97. The molecular formula is C14H20N2O2S2. The molecule has 2 rings (SSSR count). The Hall–Kier alpha value is -1.01. The van der Waals surface area contributed by atoms with Gasteiger partial charge in [0.1, 0.15) is 0 Å². The topological polar surface area (TPSA) is 58.5 Å². The Labute approximate surface area is 125 Å². The van der Waals surface area contributed by atoms with Crippen molar-refractivity contribution in [3.8, 4) is 0 Å². The molecule has 1 N–H and O–H groups in total. The smallest absolute Gasteiger partial charge is 0.175 e. The van der Waals surface area contributed by atoms with Crippen LogP contribution in [0.2, 0.25) is 0 Å². The first-order valence-electron chi connectivity index (χ1n) is 6.46. The highest BCUT2D eigenvalue weighted by molar-refractivity contribution is 8.13. The van der Waals surface area contributed by atoms with E-state index in [0.717, 1.165) is 23.0 Å². The third-order valence-corrected chi connectivity index (χ3v) is 5.65. The number of benzene rings is 1. The summed E-state index contributed by atoms with van der Waals surface area (Å²) in [7, 11) is -3.12. The molecule has 0 radical (unpaired) electrons. The molecule has 20 heavy (non-hydrogen) atoms. The molecule has 0 saturated carbocycles. The highest BCUT2D eigenvalue weighted by Gasteiger charge is 2.23. The maximum Gasteiger partial charge on any atom is 0.175 e. The highest BCUT2D eigenvalue weighted by Crippen LogP contribution is 2.27. The van der Waals surface area contributed by atoms with Crippen LogP contribution in [0.15, 0.2) is 34.2 Å². The standard InChI is InChI=1S/C14H20N2O2S2/c1-14(2)9-16-13(19-10-14)15-8-11-4-6-12(7-5-11)20(3,17)18/h4-7H,8-10H2,1-3H3,(H,15,16). The second-order valence-corrected chi connectivity index (χ2v) is 8.82. The van der Waals surface area contributed by atoms with Crippen LogP contribution in [0, 0.1) is 5.41 Å². The van der Waals surface area contributed by atoms with E-state index in [0.29, 0.717) is 11.4 Å². The molecule has 1 aliphatic heterocycles. The molecule has 0 saturated heterocycles. The predicted octanol–water partition coefficient (Wildman–Crippen LogP) is 2.31. The van der Waals surface area contributed by atoms with Crippen molar-refractivity contribution in [3.63, 3.8) is 0 Å². The summed E-state index contributed by atoms with van der Waals surface area (Å²) in [5.41, 5.74) is 1.32. The number of nitrogens with zero attached hydrogens (tertiary/aromatic N) is 1. The van der Waals surface area contributed by atoms with Crippen LogP contribution in [-0.2, 0) is 16.4 Å². The molecule has 1 heterocycles. The van der Waals surface area contributed by atoms with Gasteiger partial charge in [0, 0.05) is 25.1 Å². The van der Waals surface area contributed by atoms with Gasteiger partial charge in [-0.1, -0.05) is 37.7 Å². The summed E-state index contributed by atoms with van der Waals surface area (Å²) in [5.74, 6) is 1.06. The summed E-state index contributed by atoms with van der Waals surface area (Å²) in [4.78, 5) is 4.88. The minimum atomic E-state index is -3.12. The molecule has 6 heteroatoms. The molecule has 0 atom stereocenters. The van der Waals surface area contributed by atoms with Gasteiger partial charge in [0.05, 0.1) is 4.90 Å². The lowest BCUT2D eigenvalue weighted by molar-refractivity contribution is 0.436. The molecule has 110 valence electrons. The van der Waals surface area contributed by atoms with Crippen molar-refractivity contribution < 1.29 is 8.42 Å². The van der Waals surface area contributed by atoms with Crippen molar-refractivity contribution in [2.24, 2.45) is 10.4 Å². The Balaban J connectivity index is 1.94. The molecule has 0 aliphatic carbocycles. The van der Waals surface area contributed by atoms with Crippen molar-refractivity contribution in [3.05, 3.63) is 29.8 Å². The van der Waals surface area contributed by atoms with Crippen LogP contribution in [0.25, 0.3) is 0 Å². The van der Waals surface area contributed by atoms with Gasteiger partial charge >= 0.3 is 0 Å². The van der Waals surface area contributed by atoms with E-state index >= 15 is 0 Å². The van der Waals surface area contributed by atoms with Crippen molar-refractivity contribution in [2.75, 3.05) is 18.6 Å². The number of rotatable bonds is 3. The van der Waals surface area contributed by atoms with Crippen molar-refractivity contribution in [2.45, 2.75) is 25.3 Å². The number of sulfone groups is 1. The molecule has 1 aliphatic rings. The van der Waals surface area contributed by atoms with Gasteiger partial charge in [-0.25, -0.2) is 8.42 Å². The van der Waals surface area contributed by atoms with Gasteiger partial charge in [-0.3, -0.25) is 4.99 Å². The zero-order chi connectivity index (χ0) is 14.8. The lowest BCUT2D eigenvalue weighted by Crippen LogP contribution is -2.30. The van der Waals surface area contributed by atoms with Gasteiger partial charge < -0.3 is 5.32 Å². The van der Waals surface area contributed by atoms with Gasteiger partial charge in [0.25, 0.3) is 0 Å². The second kappa shape index (κ2) is 5.77. The van der Waals surface area contributed by atoms with E-state index in [-0.39, 0.29) is 5.41 Å². The SMILES string of the molecule is CC1(C)CN=C(NCc2ccc(S(C)(=O)=O)cc2)SC1. The van der Waals surface area contributed by atoms with E-state index < -0.39 is 9.84 Å². The lowest BCUT2D eigenvalue weighted by Gasteiger charge is -2.27. The molecule has 0 amide bonds. The number of thioether (sulfide) groups is 1. The largest absolute Gasteiger partial charge is 0.361 e. The van der Waals surface area contributed by atoms with Gasteiger partial charge in [-0.15, -0.1) is 0 Å². The Morgan fingerprint density at radius 2 is 1.95 bits per heavy atom. The summed E-state index contributed by atoms with van der Waals surface area (Å²) in [6.45, 7) is 5.93. The van der Waals surface area contributed by atoms with Gasteiger partial charge in [-0.2, -0.15) is 0 Å². The molecule has 0 spiro atoms. The van der Waals surface area contributed by atoms with Crippen molar-refractivity contribution >= 4 is 26.8 Å². The molecule has 0 aromatic heterocycles. The van der Waals surface area contributed by atoms with Crippen LogP contribution in [0.3, 0.4) is 0 Å². The first-order chi connectivity index (χ1) is 9.26.